The van der Waals surface area contributed by atoms with Crippen LogP contribution in [0.25, 0.3) is 10.9 Å². The maximum Gasteiger partial charge on any atom is 0.224 e. The van der Waals surface area contributed by atoms with Crippen molar-refractivity contribution in [3.05, 3.63) is 24.3 Å². The molecule has 8 heteroatoms. The number of fused-ring (bicyclic) bond motifs is 1. The van der Waals surface area contributed by atoms with E-state index in [0.717, 1.165) is 33.9 Å². The van der Waals surface area contributed by atoms with Crippen molar-refractivity contribution in [2.75, 3.05) is 12.4 Å². The Hall–Kier alpha value is -2.22. The van der Waals surface area contributed by atoms with E-state index in [9.17, 15) is 0 Å². The number of nitrogens with one attached hydrogen (secondary N) is 1. The first-order chi connectivity index (χ1) is 10.3. The van der Waals surface area contributed by atoms with Crippen molar-refractivity contribution in [1.82, 2.24) is 30.2 Å². The molecule has 0 spiro atoms. The highest BCUT2D eigenvalue weighted by Gasteiger charge is 2.28. The Morgan fingerprint density at radius 1 is 1.24 bits per heavy atom. The Balaban J connectivity index is 1.79. The van der Waals surface area contributed by atoms with Gasteiger partial charge in [0.05, 0.1) is 11.6 Å². The molecule has 1 aromatic carbocycles. The summed E-state index contributed by atoms with van der Waals surface area (Å²) < 4.78 is 1.89. The predicted octanol–water partition coefficient (Wildman–Crippen LogP) is 2.14. The van der Waals surface area contributed by atoms with Gasteiger partial charge in [-0.25, -0.2) is 14.6 Å². The van der Waals surface area contributed by atoms with E-state index >= 15 is 0 Å². The van der Waals surface area contributed by atoms with Gasteiger partial charge in [-0.05, 0) is 41.1 Å². The van der Waals surface area contributed by atoms with E-state index in [2.05, 4.69) is 30.8 Å². The second-order valence-electron chi connectivity index (χ2n) is 4.86. The summed E-state index contributed by atoms with van der Waals surface area (Å²) >= 11 is 1.48. The van der Waals surface area contributed by atoms with Gasteiger partial charge < -0.3 is 5.32 Å². The van der Waals surface area contributed by atoms with Crippen molar-refractivity contribution in [2.45, 2.75) is 29.1 Å². The Morgan fingerprint density at radius 3 is 2.90 bits per heavy atom. The average Bonchev–Trinajstić information content (AvgIpc) is 3.27. The number of rotatable bonds is 4. The summed E-state index contributed by atoms with van der Waals surface area (Å²) in [7, 11) is 1.81. The minimum atomic E-state index is 0.444. The molecule has 0 atom stereocenters. The molecule has 0 amide bonds. The van der Waals surface area contributed by atoms with E-state index in [-0.39, 0.29) is 0 Å². The Morgan fingerprint density at radius 2 is 2.10 bits per heavy atom. The van der Waals surface area contributed by atoms with E-state index in [0.29, 0.717) is 12.0 Å². The van der Waals surface area contributed by atoms with E-state index in [1.165, 1.54) is 11.8 Å². The zero-order valence-electron chi connectivity index (χ0n) is 11.4. The van der Waals surface area contributed by atoms with Crippen LogP contribution in [0.3, 0.4) is 0 Å². The van der Waals surface area contributed by atoms with E-state index < -0.39 is 0 Å². The number of tetrazole rings is 1. The highest BCUT2D eigenvalue weighted by atomic mass is 32.2. The van der Waals surface area contributed by atoms with Gasteiger partial charge in [-0.3, -0.25) is 0 Å². The minimum Gasteiger partial charge on any atom is -0.357 e. The lowest BCUT2D eigenvalue weighted by Crippen LogP contribution is -2.01. The molecule has 1 aliphatic carbocycles. The number of aromatic nitrogens is 6. The molecule has 7 nitrogen and oxygen atoms in total. The molecule has 21 heavy (non-hydrogen) atoms. The van der Waals surface area contributed by atoms with E-state index in [1.54, 1.807) is 0 Å². The van der Waals surface area contributed by atoms with Crippen LogP contribution in [0.4, 0.5) is 5.95 Å². The third-order valence-corrected chi connectivity index (χ3v) is 4.29. The van der Waals surface area contributed by atoms with Crippen molar-refractivity contribution in [2.24, 2.45) is 0 Å². The lowest BCUT2D eigenvalue weighted by atomic mass is 10.2. The first-order valence-electron chi connectivity index (χ1n) is 6.75. The summed E-state index contributed by atoms with van der Waals surface area (Å²) in [4.78, 5) is 9.01. The Kier molecular flexibility index (Phi) is 2.95. The third kappa shape index (κ3) is 2.31. The molecule has 3 aromatic rings. The highest BCUT2D eigenvalue weighted by molar-refractivity contribution is 7.99. The second kappa shape index (κ2) is 4.96. The predicted molar refractivity (Wildman–Crippen MR) is 79.3 cm³/mol. The standard InChI is InChI=1S/C13H13N7S/c1-14-12-15-10-5-3-2-4-9(10)11(16-12)21-13-17-18-19-20(13)8-6-7-8/h2-5,8H,6-7H2,1H3,(H,14,15,16). The third-order valence-electron chi connectivity index (χ3n) is 3.34. The van der Waals surface area contributed by atoms with Crippen LogP contribution in [0.15, 0.2) is 34.4 Å². The molecule has 2 heterocycles. The molecular formula is C13H13N7S. The van der Waals surface area contributed by atoms with Gasteiger partial charge >= 0.3 is 0 Å². The summed E-state index contributed by atoms with van der Waals surface area (Å²) in [6, 6.07) is 8.39. The van der Waals surface area contributed by atoms with Crippen LogP contribution >= 0.6 is 11.8 Å². The quantitative estimate of drug-likeness (QED) is 0.739. The zero-order chi connectivity index (χ0) is 14.2. The summed E-state index contributed by atoms with van der Waals surface area (Å²) in [6.07, 6.45) is 2.29. The number of hydrogen-bond donors (Lipinski definition) is 1. The fourth-order valence-electron chi connectivity index (χ4n) is 2.12. The van der Waals surface area contributed by atoms with Gasteiger partial charge in [-0.1, -0.05) is 18.2 Å². The maximum absolute atomic E-state index is 4.55. The summed E-state index contributed by atoms with van der Waals surface area (Å²) in [5, 5.41) is 17.6. The number of anilines is 1. The summed E-state index contributed by atoms with van der Waals surface area (Å²) in [6.45, 7) is 0. The van der Waals surface area contributed by atoms with Crippen LogP contribution in [0.2, 0.25) is 0 Å². The number of hydrogen-bond acceptors (Lipinski definition) is 7. The molecule has 1 N–H and O–H groups in total. The molecule has 1 fully saturated rings. The van der Waals surface area contributed by atoms with Gasteiger partial charge in [0.15, 0.2) is 0 Å². The van der Waals surface area contributed by atoms with Crippen molar-refractivity contribution in [1.29, 1.82) is 0 Å². The fourth-order valence-corrected chi connectivity index (χ4v) is 3.07. The molecule has 2 aromatic heterocycles. The van der Waals surface area contributed by atoms with Gasteiger partial charge in [-0.15, -0.1) is 5.10 Å². The van der Waals surface area contributed by atoms with Crippen LogP contribution in [0, 0.1) is 0 Å². The number of benzene rings is 1. The summed E-state index contributed by atoms with van der Waals surface area (Å²) in [5.41, 5.74) is 0.907. The van der Waals surface area contributed by atoms with Gasteiger partial charge in [0.2, 0.25) is 11.1 Å². The normalized spacial score (nSPS) is 14.5. The van der Waals surface area contributed by atoms with Crippen LogP contribution < -0.4 is 5.32 Å². The van der Waals surface area contributed by atoms with Crippen LogP contribution in [0.5, 0.6) is 0 Å². The van der Waals surface area contributed by atoms with Crippen molar-refractivity contribution in [3.8, 4) is 0 Å². The lowest BCUT2D eigenvalue weighted by Gasteiger charge is -2.07. The molecule has 0 saturated heterocycles. The van der Waals surface area contributed by atoms with Crippen LogP contribution in [-0.4, -0.2) is 37.2 Å². The maximum atomic E-state index is 4.55. The number of para-hydroxylation sites is 1. The molecule has 1 aliphatic rings. The second-order valence-corrected chi connectivity index (χ2v) is 5.81. The molecule has 4 rings (SSSR count). The number of nitrogens with zero attached hydrogens (tertiary/aromatic N) is 6. The Labute approximate surface area is 125 Å². The zero-order valence-corrected chi connectivity index (χ0v) is 12.2. The first-order valence-corrected chi connectivity index (χ1v) is 7.57. The largest absolute Gasteiger partial charge is 0.357 e. The monoisotopic (exact) mass is 299 g/mol. The van der Waals surface area contributed by atoms with Crippen molar-refractivity contribution >= 4 is 28.6 Å². The molecule has 106 valence electrons. The molecule has 0 unspecified atom stereocenters. The summed E-state index contributed by atoms with van der Waals surface area (Å²) in [5.74, 6) is 0.599. The molecule has 0 aliphatic heterocycles. The molecular weight excluding hydrogens is 286 g/mol. The SMILES string of the molecule is CNc1nc(Sc2nnnn2C2CC2)c2ccccc2n1. The minimum absolute atomic E-state index is 0.444. The van der Waals surface area contributed by atoms with Gasteiger partial charge in [0, 0.05) is 12.4 Å². The average molecular weight is 299 g/mol. The molecule has 1 saturated carbocycles. The molecule has 0 bridgehead atoms. The smallest absolute Gasteiger partial charge is 0.224 e. The van der Waals surface area contributed by atoms with Crippen LogP contribution in [-0.2, 0) is 0 Å². The van der Waals surface area contributed by atoms with Gasteiger partial charge in [-0.2, -0.15) is 0 Å². The van der Waals surface area contributed by atoms with Crippen LogP contribution in [0.1, 0.15) is 18.9 Å². The van der Waals surface area contributed by atoms with Crippen molar-refractivity contribution in [3.63, 3.8) is 0 Å². The lowest BCUT2D eigenvalue weighted by molar-refractivity contribution is 0.565. The van der Waals surface area contributed by atoms with E-state index in [4.69, 9.17) is 0 Å². The highest BCUT2D eigenvalue weighted by Crippen LogP contribution is 2.38. The topological polar surface area (TPSA) is 81.4 Å². The fraction of sp³-hybridized carbons (Fsp3) is 0.308. The Bertz CT molecular complexity index is 796. The first kappa shape index (κ1) is 12.5. The molecule has 0 radical (unpaired) electrons. The van der Waals surface area contributed by atoms with E-state index in [1.807, 2.05) is 36.0 Å². The van der Waals surface area contributed by atoms with Gasteiger partial charge in [0.1, 0.15) is 5.03 Å². The van der Waals surface area contributed by atoms with Gasteiger partial charge in [0.25, 0.3) is 0 Å². The van der Waals surface area contributed by atoms with Crippen molar-refractivity contribution < 1.29 is 0 Å².